The number of esters is 1. The zero-order valence-corrected chi connectivity index (χ0v) is 19.3. The van der Waals surface area contributed by atoms with E-state index < -0.39 is 48.2 Å². The number of aryl methyl sites for hydroxylation is 1. The first-order chi connectivity index (χ1) is 16.8. The molecule has 3 aromatic rings. The lowest BCUT2D eigenvalue weighted by molar-refractivity contribution is -0.154. The maximum absolute atomic E-state index is 13.0. The van der Waals surface area contributed by atoms with Crippen molar-refractivity contribution in [3.05, 3.63) is 104 Å². The summed E-state index contributed by atoms with van der Waals surface area (Å²) in [5, 5.41) is 9.74. The van der Waals surface area contributed by atoms with Crippen LogP contribution in [-0.2, 0) is 14.3 Å². The predicted molar refractivity (Wildman–Crippen MR) is 126 cm³/mol. The molecule has 0 radical (unpaired) electrons. The van der Waals surface area contributed by atoms with Gasteiger partial charge < -0.3 is 14.6 Å². The molecule has 0 amide bonds. The first kappa shape index (κ1) is 24.3. The number of nitrogens with zero attached hydrogens (tertiary/aromatic N) is 1. The molecule has 0 spiro atoms. The Bertz CT molecular complexity index is 1350. The Morgan fingerprint density at radius 1 is 1.14 bits per heavy atom. The minimum absolute atomic E-state index is 0.127. The molecule has 2 aromatic carbocycles. The number of carbonyl (C=O) groups excluding carboxylic acids is 2. The second-order valence-electron chi connectivity index (χ2n) is 8.54. The number of aliphatic hydroxyl groups excluding tert-OH is 1. The van der Waals surface area contributed by atoms with E-state index in [2.05, 4.69) is 4.98 Å². The number of aliphatic hydroxyl groups is 1. The maximum atomic E-state index is 13.0. The SMILES string of the molecule is Cc1cn([C@H]2C[C@H](OC(=O)C(C)c3cccc(C(=O)c4ccccc4)c3)[C@@H](CO)O2)c(=O)[nH]c1=O. The molecule has 182 valence electrons. The van der Waals surface area contributed by atoms with Crippen molar-refractivity contribution >= 4 is 11.8 Å². The predicted octanol–water partition coefficient (Wildman–Crippen LogP) is 2.07. The maximum Gasteiger partial charge on any atom is 0.330 e. The van der Waals surface area contributed by atoms with Gasteiger partial charge in [0, 0.05) is 29.3 Å². The molecule has 1 saturated heterocycles. The largest absolute Gasteiger partial charge is 0.459 e. The fourth-order valence-corrected chi connectivity index (χ4v) is 4.05. The van der Waals surface area contributed by atoms with Crippen LogP contribution in [0.2, 0.25) is 0 Å². The van der Waals surface area contributed by atoms with Crippen molar-refractivity contribution in [2.24, 2.45) is 0 Å². The normalized spacial score (nSPS) is 20.4. The van der Waals surface area contributed by atoms with Crippen molar-refractivity contribution in [1.29, 1.82) is 0 Å². The van der Waals surface area contributed by atoms with Gasteiger partial charge in [0.1, 0.15) is 18.4 Å². The smallest absolute Gasteiger partial charge is 0.330 e. The molecule has 1 aromatic heterocycles. The van der Waals surface area contributed by atoms with Crippen LogP contribution in [0.4, 0.5) is 0 Å². The van der Waals surface area contributed by atoms with Gasteiger partial charge in [-0.3, -0.25) is 23.9 Å². The molecule has 0 bridgehead atoms. The van der Waals surface area contributed by atoms with Crippen LogP contribution in [0.25, 0.3) is 0 Å². The monoisotopic (exact) mass is 478 g/mol. The summed E-state index contributed by atoms with van der Waals surface area (Å²) in [7, 11) is 0. The fraction of sp³-hybridized carbons (Fsp3) is 0.308. The summed E-state index contributed by atoms with van der Waals surface area (Å²) in [4.78, 5) is 51.8. The van der Waals surface area contributed by atoms with Gasteiger partial charge in [0.25, 0.3) is 5.56 Å². The number of nitrogens with one attached hydrogen (secondary N) is 1. The van der Waals surface area contributed by atoms with Gasteiger partial charge in [0.15, 0.2) is 5.78 Å². The van der Waals surface area contributed by atoms with Gasteiger partial charge in [-0.15, -0.1) is 0 Å². The van der Waals surface area contributed by atoms with Gasteiger partial charge in [-0.05, 0) is 25.5 Å². The highest BCUT2D eigenvalue weighted by atomic mass is 16.6. The average molecular weight is 479 g/mol. The van der Waals surface area contributed by atoms with Gasteiger partial charge >= 0.3 is 11.7 Å². The summed E-state index contributed by atoms with van der Waals surface area (Å²) in [5.74, 6) is -1.39. The number of H-pyrrole nitrogens is 1. The van der Waals surface area contributed by atoms with Crippen molar-refractivity contribution in [3.63, 3.8) is 0 Å². The molecule has 2 N–H and O–H groups in total. The number of aromatic amines is 1. The molecule has 2 heterocycles. The third-order valence-electron chi connectivity index (χ3n) is 6.12. The van der Waals surface area contributed by atoms with E-state index in [9.17, 15) is 24.3 Å². The zero-order chi connectivity index (χ0) is 25.1. The van der Waals surface area contributed by atoms with Crippen molar-refractivity contribution in [3.8, 4) is 0 Å². The number of aromatic nitrogens is 2. The van der Waals surface area contributed by atoms with Crippen molar-refractivity contribution in [2.45, 2.75) is 44.6 Å². The molecule has 4 atom stereocenters. The molecule has 1 unspecified atom stereocenters. The molecule has 1 aliphatic heterocycles. The van der Waals surface area contributed by atoms with E-state index in [1.54, 1.807) is 62.4 Å². The van der Waals surface area contributed by atoms with Crippen LogP contribution in [0.15, 0.2) is 70.4 Å². The second kappa shape index (κ2) is 10.2. The number of ether oxygens (including phenoxy) is 2. The Morgan fingerprint density at radius 3 is 2.57 bits per heavy atom. The highest BCUT2D eigenvalue weighted by Crippen LogP contribution is 2.31. The van der Waals surface area contributed by atoms with Gasteiger partial charge in [0.2, 0.25) is 0 Å². The van der Waals surface area contributed by atoms with Gasteiger partial charge in [0.05, 0.1) is 12.5 Å². The summed E-state index contributed by atoms with van der Waals surface area (Å²) < 4.78 is 12.6. The number of ketones is 1. The lowest BCUT2D eigenvalue weighted by Gasteiger charge is -2.19. The van der Waals surface area contributed by atoms with E-state index in [1.807, 2.05) is 6.07 Å². The van der Waals surface area contributed by atoms with Crippen LogP contribution in [0, 0.1) is 6.92 Å². The fourth-order valence-electron chi connectivity index (χ4n) is 4.05. The van der Waals surface area contributed by atoms with Gasteiger partial charge in [-0.25, -0.2) is 4.79 Å². The van der Waals surface area contributed by atoms with E-state index in [-0.39, 0.29) is 12.2 Å². The van der Waals surface area contributed by atoms with Crippen molar-refractivity contribution in [2.75, 3.05) is 6.61 Å². The van der Waals surface area contributed by atoms with Gasteiger partial charge in [-0.1, -0.05) is 48.5 Å². The van der Waals surface area contributed by atoms with Crippen LogP contribution < -0.4 is 11.2 Å². The summed E-state index contributed by atoms with van der Waals surface area (Å²) >= 11 is 0. The summed E-state index contributed by atoms with van der Waals surface area (Å²) in [6.45, 7) is 2.82. The van der Waals surface area contributed by atoms with Crippen molar-refractivity contribution < 1.29 is 24.2 Å². The molecule has 0 aliphatic carbocycles. The van der Waals surface area contributed by atoms with Crippen LogP contribution >= 0.6 is 0 Å². The lowest BCUT2D eigenvalue weighted by atomic mass is 9.95. The molecule has 9 heteroatoms. The third kappa shape index (κ3) is 5.16. The quantitative estimate of drug-likeness (QED) is 0.393. The minimum atomic E-state index is -0.832. The van der Waals surface area contributed by atoms with E-state index in [0.29, 0.717) is 22.3 Å². The molecular weight excluding hydrogens is 452 g/mol. The molecule has 1 fully saturated rings. The molecule has 9 nitrogen and oxygen atoms in total. The number of hydrogen-bond acceptors (Lipinski definition) is 7. The lowest BCUT2D eigenvalue weighted by Crippen LogP contribution is -2.33. The number of rotatable bonds is 7. The Kier molecular flexibility index (Phi) is 7.09. The minimum Gasteiger partial charge on any atom is -0.459 e. The molecular formula is C26H26N2O7. The summed E-state index contributed by atoms with van der Waals surface area (Å²) in [5.41, 5.74) is 0.800. The molecule has 4 rings (SSSR count). The van der Waals surface area contributed by atoms with E-state index in [1.165, 1.54) is 10.8 Å². The summed E-state index contributed by atoms with van der Waals surface area (Å²) in [6.07, 6.45) is -0.936. The van der Waals surface area contributed by atoms with E-state index >= 15 is 0 Å². The topological polar surface area (TPSA) is 128 Å². The third-order valence-corrected chi connectivity index (χ3v) is 6.12. The first-order valence-corrected chi connectivity index (χ1v) is 11.3. The zero-order valence-electron chi connectivity index (χ0n) is 19.3. The van der Waals surface area contributed by atoms with E-state index in [0.717, 1.165) is 0 Å². The van der Waals surface area contributed by atoms with E-state index in [4.69, 9.17) is 9.47 Å². The first-order valence-electron chi connectivity index (χ1n) is 11.3. The molecule has 1 aliphatic rings. The molecule has 35 heavy (non-hydrogen) atoms. The second-order valence-corrected chi connectivity index (χ2v) is 8.54. The van der Waals surface area contributed by atoms with Crippen LogP contribution in [0.1, 0.15) is 52.5 Å². The average Bonchev–Trinajstić information content (AvgIpc) is 3.28. The highest BCUT2D eigenvalue weighted by molar-refractivity contribution is 6.09. The highest BCUT2D eigenvalue weighted by Gasteiger charge is 2.39. The number of hydrogen-bond donors (Lipinski definition) is 2. The Hall–Kier alpha value is -3.82. The summed E-state index contributed by atoms with van der Waals surface area (Å²) in [6, 6.07) is 15.7. The van der Waals surface area contributed by atoms with Crippen LogP contribution in [0.3, 0.4) is 0 Å². The standard InChI is InChI=1S/C26H26N2O7/c1-15-13-28(26(33)27-24(15)31)22-12-20(21(14-29)34-22)35-25(32)16(2)18-9-6-10-19(11-18)23(30)17-7-4-3-5-8-17/h3-11,13,16,20-22,29H,12,14H2,1-2H3,(H,27,31,33)/t16?,20-,21+,22+/m0/s1. The van der Waals surface area contributed by atoms with Crippen LogP contribution in [0.5, 0.6) is 0 Å². The number of carbonyl (C=O) groups is 2. The van der Waals surface area contributed by atoms with Gasteiger partial charge in [-0.2, -0.15) is 0 Å². The molecule has 0 saturated carbocycles. The number of benzene rings is 2. The van der Waals surface area contributed by atoms with Crippen molar-refractivity contribution in [1.82, 2.24) is 9.55 Å². The Balaban J connectivity index is 1.48. The Labute approximate surface area is 201 Å². The van der Waals surface area contributed by atoms with Crippen LogP contribution in [-0.4, -0.2) is 45.2 Å². The Morgan fingerprint density at radius 2 is 1.86 bits per heavy atom.